The predicted octanol–water partition coefficient (Wildman–Crippen LogP) is 3.51. The molecule has 6 nitrogen and oxygen atoms in total. The molecule has 0 saturated heterocycles. The molecule has 2 aromatic carbocycles. The van der Waals surface area contributed by atoms with Gasteiger partial charge < -0.3 is 10.1 Å². The number of alkyl halides is 3. The molecule has 0 radical (unpaired) electrons. The lowest BCUT2D eigenvalue weighted by atomic mass is 10.2. The number of rotatable bonds is 5. The van der Waals surface area contributed by atoms with E-state index in [0.717, 1.165) is 16.8 Å². The number of para-hydroxylation sites is 2. The Hall–Kier alpha value is -3.69. The molecule has 3 rings (SSSR count). The summed E-state index contributed by atoms with van der Waals surface area (Å²) in [6.45, 7) is 1.17. The summed E-state index contributed by atoms with van der Waals surface area (Å²) in [6.07, 6.45) is -4.90. The van der Waals surface area contributed by atoms with Crippen LogP contribution >= 0.6 is 0 Å². The van der Waals surface area contributed by atoms with E-state index in [-0.39, 0.29) is 17.8 Å². The minimum Gasteiger partial charge on any atom is -0.405 e. The van der Waals surface area contributed by atoms with Gasteiger partial charge in [-0.2, -0.15) is 5.10 Å². The first-order valence-electron chi connectivity index (χ1n) is 8.63. The summed E-state index contributed by atoms with van der Waals surface area (Å²) in [6, 6.07) is 12.0. The number of nitrogens with one attached hydrogen (secondary N) is 1. The summed E-state index contributed by atoms with van der Waals surface area (Å²) in [4.78, 5) is 24.7. The normalized spacial score (nSPS) is 11.2. The first-order valence-corrected chi connectivity index (χ1v) is 8.63. The lowest BCUT2D eigenvalue weighted by Gasteiger charge is -2.14. The molecule has 0 atom stereocenters. The molecule has 1 aromatic heterocycles. The first kappa shape index (κ1) is 21.0. The van der Waals surface area contributed by atoms with Crippen LogP contribution in [0.3, 0.4) is 0 Å². The van der Waals surface area contributed by atoms with Crippen LogP contribution in [0.2, 0.25) is 0 Å². The van der Waals surface area contributed by atoms with Crippen molar-refractivity contribution in [1.29, 1.82) is 0 Å². The molecule has 0 fully saturated rings. The smallest absolute Gasteiger partial charge is 0.405 e. The molecule has 1 heterocycles. The van der Waals surface area contributed by atoms with Crippen LogP contribution in [0.4, 0.5) is 17.6 Å². The van der Waals surface area contributed by atoms with E-state index in [0.29, 0.717) is 5.69 Å². The maximum atomic E-state index is 14.1. The molecule has 0 aliphatic rings. The van der Waals surface area contributed by atoms with E-state index in [1.807, 2.05) is 0 Å². The molecule has 0 spiro atoms. The predicted molar refractivity (Wildman–Crippen MR) is 98.8 cm³/mol. The molecule has 156 valence electrons. The monoisotopic (exact) mass is 421 g/mol. The summed E-state index contributed by atoms with van der Waals surface area (Å²) < 4.78 is 56.7. The fourth-order valence-corrected chi connectivity index (χ4v) is 2.71. The van der Waals surface area contributed by atoms with Gasteiger partial charge in [-0.1, -0.05) is 30.3 Å². The van der Waals surface area contributed by atoms with Crippen LogP contribution in [0, 0.1) is 12.7 Å². The van der Waals surface area contributed by atoms with Crippen LogP contribution in [0.25, 0.3) is 5.69 Å². The third-order valence-electron chi connectivity index (χ3n) is 4.04. The van der Waals surface area contributed by atoms with Crippen LogP contribution in [0.1, 0.15) is 21.7 Å². The Morgan fingerprint density at radius 3 is 2.50 bits per heavy atom. The number of ether oxygens (including phenoxy) is 1. The van der Waals surface area contributed by atoms with Crippen molar-refractivity contribution in [3.8, 4) is 11.4 Å². The van der Waals surface area contributed by atoms with Crippen molar-refractivity contribution in [2.75, 3.05) is 0 Å². The molecule has 0 aliphatic carbocycles. The number of aryl methyl sites for hydroxylation is 1. The van der Waals surface area contributed by atoms with Gasteiger partial charge in [-0.15, -0.1) is 13.2 Å². The summed E-state index contributed by atoms with van der Waals surface area (Å²) in [5, 5.41) is 6.28. The van der Waals surface area contributed by atoms with Crippen molar-refractivity contribution in [2.45, 2.75) is 19.8 Å². The van der Waals surface area contributed by atoms with Gasteiger partial charge in [-0.3, -0.25) is 9.59 Å². The lowest BCUT2D eigenvalue weighted by Crippen LogP contribution is -2.32. The SMILES string of the molecule is Cc1cc(=O)c(C(=O)NCc2ccccc2OC(F)(F)F)nn1-c1ccccc1F. The Morgan fingerprint density at radius 2 is 1.80 bits per heavy atom. The number of nitrogens with zero attached hydrogens (tertiary/aromatic N) is 2. The van der Waals surface area contributed by atoms with Crippen LogP contribution in [-0.2, 0) is 6.54 Å². The van der Waals surface area contributed by atoms with E-state index in [2.05, 4.69) is 15.2 Å². The fourth-order valence-electron chi connectivity index (χ4n) is 2.71. The van der Waals surface area contributed by atoms with E-state index in [1.54, 1.807) is 6.07 Å². The highest BCUT2D eigenvalue weighted by Crippen LogP contribution is 2.26. The lowest BCUT2D eigenvalue weighted by molar-refractivity contribution is -0.274. The van der Waals surface area contributed by atoms with Gasteiger partial charge in [0.2, 0.25) is 5.43 Å². The van der Waals surface area contributed by atoms with Crippen molar-refractivity contribution in [3.05, 3.63) is 87.6 Å². The van der Waals surface area contributed by atoms with Crippen molar-refractivity contribution < 1.29 is 27.1 Å². The molecule has 0 saturated carbocycles. The Balaban J connectivity index is 1.86. The second-order valence-electron chi connectivity index (χ2n) is 6.20. The van der Waals surface area contributed by atoms with Crippen LogP contribution < -0.4 is 15.5 Å². The topological polar surface area (TPSA) is 73.2 Å². The minimum absolute atomic E-state index is 0.0352. The average molecular weight is 421 g/mol. The summed E-state index contributed by atoms with van der Waals surface area (Å²) in [5.41, 5.74) is -0.862. The molecule has 0 aliphatic heterocycles. The first-order chi connectivity index (χ1) is 14.2. The van der Waals surface area contributed by atoms with Crippen molar-refractivity contribution in [3.63, 3.8) is 0 Å². The molecule has 1 amide bonds. The van der Waals surface area contributed by atoms with E-state index in [4.69, 9.17) is 0 Å². The van der Waals surface area contributed by atoms with Crippen molar-refractivity contribution in [1.82, 2.24) is 15.1 Å². The molecule has 0 bridgehead atoms. The highest BCUT2D eigenvalue weighted by atomic mass is 19.4. The Labute approximate surface area is 167 Å². The zero-order chi connectivity index (χ0) is 21.9. The number of aromatic nitrogens is 2. The average Bonchev–Trinajstić information content (AvgIpc) is 2.67. The second-order valence-corrected chi connectivity index (χ2v) is 6.20. The number of carbonyl (C=O) groups is 1. The van der Waals surface area contributed by atoms with Crippen molar-refractivity contribution >= 4 is 5.91 Å². The maximum absolute atomic E-state index is 14.1. The molecule has 0 unspecified atom stereocenters. The Bertz CT molecular complexity index is 1140. The quantitative estimate of drug-likeness (QED) is 0.640. The standard InChI is InChI=1S/C20H15F4N3O3/c1-12-10-16(28)18(26-27(12)15-8-4-3-7-14(15)21)19(29)25-11-13-6-2-5-9-17(13)30-20(22,23)24/h2-10H,11H2,1H3,(H,25,29). The van der Waals surface area contributed by atoms with Gasteiger partial charge in [0.25, 0.3) is 5.91 Å². The fraction of sp³-hybridized carbons (Fsp3) is 0.150. The summed E-state index contributed by atoms with van der Waals surface area (Å²) in [7, 11) is 0. The second kappa shape index (κ2) is 8.36. The van der Waals surface area contributed by atoms with E-state index in [1.165, 1.54) is 43.3 Å². The van der Waals surface area contributed by atoms with E-state index < -0.39 is 35.0 Å². The Kier molecular flexibility index (Phi) is 5.86. The van der Waals surface area contributed by atoms with Gasteiger partial charge in [0.1, 0.15) is 17.3 Å². The molecule has 10 heteroatoms. The van der Waals surface area contributed by atoms with Crippen LogP contribution in [0.15, 0.2) is 59.4 Å². The number of benzene rings is 2. The van der Waals surface area contributed by atoms with Gasteiger partial charge >= 0.3 is 6.36 Å². The van der Waals surface area contributed by atoms with Gasteiger partial charge in [0.15, 0.2) is 5.69 Å². The van der Waals surface area contributed by atoms with Gasteiger partial charge in [-0.25, -0.2) is 9.07 Å². The zero-order valence-corrected chi connectivity index (χ0v) is 15.5. The summed E-state index contributed by atoms with van der Waals surface area (Å²) in [5.74, 6) is -2.01. The third-order valence-corrected chi connectivity index (χ3v) is 4.04. The van der Waals surface area contributed by atoms with Crippen molar-refractivity contribution in [2.24, 2.45) is 0 Å². The largest absolute Gasteiger partial charge is 0.573 e. The zero-order valence-electron chi connectivity index (χ0n) is 15.5. The van der Waals surface area contributed by atoms with Gasteiger partial charge in [0.05, 0.1) is 0 Å². The molecule has 1 N–H and O–H groups in total. The molecular weight excluding hydrogens is 406 g/mol. The van der Waals surface area contributed by atoms with Gasteiger partial charge in [-0.05, 0) is 25.1 Å². The molecule has 30 heavy (non-hydrogen) atoms. The van der Waals surface area contributed by atoms with E-state index in [9.17, 15) is 27.2 Å². The van der Waals surface area contributed by atoms with Gasteiger partial charge in [0, 0.05) is 23.9 Å². The van der Waals surface area contributed by atoms with E-state index >= 15 is 0 Å². The number of halogens is 4. The number of hydrogen-bond donors (Lipinski definition) is 1. The maximum Gasteiger partial charge on any atom is 0.573 e. The highest BCUT2D eigenvalue weighted by molar-refractivity contribution is 5.92. The third kappa shape index (κ3) is 4.83. The molecular formula is C20H15F4N3O3. The summed E-state index contributed by atoms with van der Waals surface area (Å²) >= 11 is 0. The number of amides is 1. The molecule has 3 aromatic rings. The Morgan fingerprint density at radius 1 is 1.13 bits per heavy atom. The van der Waals surface area contributed by atoms with Crippen LogP contribution in [-0.4, -0.2) is 22.1 Å². The highest BCUT2D eigenvalue weighted by Gasteiger charge is 2.32. The van der Waals surface area contributed by atoms with Crippen LogP contribution in [0.5, 0.6) is 5.75 Å². The number of carbonyl (C=O) groups excluding carboxylic acids is 1. The minimum atomic E-state index is -4.90. The number of hydrogen-bond acceptors (Lipinski definition) is 4.